The van der Waals surface area contributed by atoms with E-state index in [1.165, 1.54) is 11.3 Å². The fourth-order valence-electron chi connectivity index (χ4n) is 2.88. The van der Waals surface area contributed by atoms with Gasteiger partial charge in [-0.1, -0.05) is 6.92 Å². The molecule has 0 saturated carbocycles. The lowest BCUT2D eigenvalue weighted by Gasteiger charge is -2.39. The summed E-state index contributed by atoms with van der Waals surface area (Å²) in [6.45, 7) is 3.43. The maximum Gasteiger partial charge on any atom is 0.273 e. The van der Waals surface area contributed by atoms with Crippen molar-refractivity contribution in [3.63, 3.8) is 0 Å². The van der Waals surface area contributed by atoms with Crippen LogP contribution >= 0.6 is 11.3 Å². The van der Waals surface area contributed by atoms with Gasteiger partial charge in [-0.15, -0.1) is 11.3 Å². The van der Waals surface area contributed by atoms with E-state index in [4.69, 9.17) is 5.73 Å². The van der Waals surface area contributed by atoms with E-state index in [1.54, 1.807) is 12.4 Å². The van der Waals surface area contributed by atoms with E-state index in [0.29, 0.717) is 18.2 Å². The largest absolute Gasteiger partial charge is 0.333 e. The van der Waals surface area contributed by atoms with Crippen LogP contribution < -0.4 is 5.73 Å². The fraction of sp³-hybridized carbons (Fsp3) is 0.500. The molecule has 0 spiro atoms. The highest BCUT2D eigenvalue weighted by Gasteiger charge is 2.32. The average molecular weight is 305 g/mol. The molecular weight excluding hydrogens is 286 g/mol. The summed E-state index contributed by atoms with van der Waals surface area (Å²) in [6, 6.07) is 0.116. The lowest BCUT2D eigenvalue weighted by atomic mass is 9.90. The molecule has 0 aliphatic carbocycles. The Labute approximate surface area is 127 Å². The Hall–Kier alpha value is -1.73. The number of rotatable bonds is 3. The van der Waals surface area contributed by atoms with Crippen LogP contribution in [0.3, 0.4) is 0 Å². The highest BCUT2D eigenvalue weighted by atomic mass is 32.1. The molecule has 2 aromatic rings. The smallest absolute Gasteiger partial charge is 0.273 e. The minimum Gasteiger partial charge on any atom is -0.333 e. The number of H-pyrrole nitrogens is 1. The van der Waals surface area contributed by atoms with Crippen LogP contribution in [0.5, 0.6) is 0 Å². The Bertz CT molecular complexity index is 609. The zero-order valence-corrected chi connectivity index (χ0v) is 12.8. The van der Waals surface area contributed by atoms with Crippen molar-refractivity contribution in [2.45, 2.75) is 25.8 Å². The molecule has 3 N–H and O–H groups in total. The third-order valence-electron chi connectivity index (χ3n) is 4.09. The lowest BCUT2D eigenvalue weighted by molar-refractivity contribution is 0.0527. The highest BCUT2D eigenvalue weighted by molar-refractivity contribution is 7.13. The topological polar surface area (TPSA) is 87.9 Å². The molecule has 7 heteroatoms. The zero-order valence-electron chi connectivity index (χ0n) is 12.0. The number of aromatic nitrogens is 3. The second kappa shape index (κ2) is 5.95. The molecule has 1 fully saturated rings. The SMILES string of the molecule is CC1CCCN(C(=O)c2csc(-c3cn[nH]c3)n2)C1CN. The van der Waals surface area contributed by atoms with Crippen LogP contribution in [-0.2, 0) is 0 Å². The maximum atomic E-state index is 12.7. The Morgan fingerprint density at radius 1 is 1.62 bits per heavy atom. The molecule has 0 aromatic carbocycles. The Kier molecular flexibility index (Phi) is 4.03. The second-order valence-electron chi connectivity index (χ2n) is 5.45. The van der Waals surface area contributed by atoms with Gasteiger partial charge in [0.1, 0.15) is 10.7 Å². The lowest BCUT2D eigenvalue weighted by Crippen LogP contribution is -2.51. The van der Waals surface area contributed by atoms with Gasteiger partial charge in [0.25, 0.3) is 5.91 Å². The number of likely N-dealkylation sites (tertiary alicyclic amines) is 1. The fourth-order valence-corrected chi connectivity index (χ4v) is 3.66. The van der Waals surface area contributed by atoms with Gasteiger partial charge >= 0.3 is 0 Å². The van der Waals surface area contributed by atoms with E-state index in [2.05, 4.69) is 22.1 Å². The van der Waals surface area contributed by atoms with Crippen molar-refractivity contribution >= 4 is 17.2 Å². The van der Waals surface area contributed by atoms with E-state index in [-0.39, 0.29) is 11.9 Å². The summed E-state index contributed by atoms with van der Waals surface area (Å²) in [7, 11) is 0. The average Bonchev–Trinajstić information content (AvgIpc) is 3.16. The zero-order chi connectivity index (χ0) is 14.8. The number of hydrogen-bond acceptors (Lipinski definition) is 5. The van der Waals surface area contributed by atoms with Crippen LogP contribution in [0.15, 0.2) is 17.8 Å². The summed E-state index contributed by atoms with van der Waals surface area (Å²) >= 11 is 1.46. The molecule has 0 bridgehead atoms. The van der Waals surface area contributed by atoms with Crippen molar-refractivity contribution in [1.29, 1.82) is 0 Å². The van der Waals surface area contributed by atoms with Gasteiger partial charge in [0.05, 0.1) is 6.20 Å². The predicted molar refractivity (Wildman–Crippen MR) is 82.0 cm³/mol. The molecule has 0 radical (unpaired) electrons. The van der Waals surface area contributed by atoms with Gasteiger partial charge in [0.2, 0.25) is 0 Å². The number of nitrogens with two attached hydrogens (primary N) is 1. The summed E-state index contributed by atoms with van der Waals surface area (Å²) < 4.78 is 0. The van der Waals surface area contributed by atoms with Crippen molar-refractivity contribution in [3.8, 4) is 10.6 Å². The molecule has 2 aromatic heterocycles. The molecule has 6 nitrogen and oxygen atoms in total. The van der Waals surface area contributed by atoms with Gasteiger partial charge in [-0.25, -0.2) is 4.98 Å². The monoisotopic (exact) mass is 305 g/mol. The van der Waals surface area contributed by atoms with Gasteiger partial charge in [0, 0.05) is 36.3 Å². The standard InChI is InChI=1S/C14H19N5OS/c1-9-3-2-4-19(12(9)5-15)14(20)11-8-21-13(18-11)10-6-16-17-7-10/h6-9,12H,2-5,15H2,1H3,(H,16,17). The predicted octanol–water partition coefficient (Wildman–Crippen LogP) is 1.73. The van der Waals surface area contributed by atoms with Crippen LogP contribution in [0.25, 0.3) is 10.6 Å². The first-order valence-electron chi connectivity index (χ1n) is 7.16. The molecule has 2 unspecified atom stereocenters. The van der Waals surface area contributed by atoms with Gasteiger partial charge in [-0.2, -0.15) is 5.10 Å². The second-order valence-corrected chi connectivity index (χ2v) is 6.30. The molecule has 3 rings (SSSR count). The number of aromatic amines is 1. The van der Waals surface area contributed by atoms with Crippen molar-refractivity contribution in [3.05, 3.63) is 23.5 Å². The van der Waals surface area contributed by atoms with Crippen LogP contribution in [0.1, 0.15) is 30.3 Å². The molecule has 112 valence electrons. The van der Waals surface area contributed by atoms with Gasteiger partial charge in [-0.3, -0.25) is 9.89 Å². The van der Waals surface area contributed by atoms with E-state index < -0.39 is 0 Å². The number of carbonyl (C=O) groups is 1. The summed E-state index contributed by atoms with van der Waals surface area (Å²) in [4.78, 5) is 19.0. The molecule has 1 amide bonds. The quantitative estimate of drug-likeness (QED) is 0.904. The van der Waals surface area contributed by atoms with Crippen LogP contribution in [0.2, 0.25) is 0 Å². The molecule has 2 atom stereocenters. The summed E-state index contributed by atoms with van der Waals surface area (Å²) in [5.74, 6) is 0.433. The van der Waals surface area contributed by atoms with E-state index in [0.717, 1.165) is 30.0 Å². The number of nitrogens with zero attached hydrogens (tertiary/aromatic N) is 3. The minimum atomic E-state index is -0.0111. The third-order valence-corrected chi connectivity index (χ3v) is 4.98. The van der Waals surface area contributed by atoms with E-state index >= 15 is 0 Å². The highest BCUT2D eigenvalue weighted by Crippen LogP contribution is 2.27. The number of thiazole rings is 1. The third kappa shape index (κ3) is 2.71. The molecule has 1 saturated heterocycles. The first-order valence-corrected chi connectivity index (χ1v) is 8.04. The van der Waals surface area contributed by atoms with Crippen molar-refractivity contribution in [2.24, 2.45) is 11.7 Å². The van der Waals surface area contributed by atoms with E-state index in [1.807, 2.05) is 10.3 Å². The molecule has 3 heterocycles. The number of hydrogen-bond donors (Lipinski definition) is 2. The van der Waals surface area contributed by atoms with Gasteiger partial charge in [-0.05, 0) is 18.8 Å². The van der Waals surface area contributed by atoms with Gasteiger partial charge in [0.15, 0.2) is 0 Å². The Morgan fingerprint density at radius 3 is 3.19 bits per heavy atom. The molecule has 21 heavy (non-hydrogen) atoms. The summed E-state index contributed by atoms with van der Waals surface area (Å²) in [6.07, 6.45) is 5.64. The summed E-state index contributed by atoms with van der Waals surface area (Å²) in [5, 5.41) is 9.29. The number of piperidine rings is 1. The Morgan fingerprint density at radius 2 is 2.48 bits per heavy atom. The first-order chi connectivity index (χ1) is 10.2. The van der Waals surface area contributed by atoms with Crippen molar-refractivity contribution in [1.82, 2.24) is 20.1 Å². The molecule has 1 aliphatic rings. The molecule has 1 aliphatic heterocycles. The molecular formula is C14H19N5OS. The van der Waals surface area contributed by atoms with Crippen LogP contribution in [0, 0.1) is 5.92 Å². The number of carbonyl (C=O) groups excluding carboxylic acids is 1. The maximum absolute atomic E-state index is 12.7. The first kappa shape index (κ1) is 14.2. The normalized spacial score (nSPS) is 22.5. The van der Waals surface area contributed by atoms with Gasteiger partial charge < -0.3 is 10.6 Å². The minimum absolute atomic E-state index is 0.0111. The van der Waals surface area contributed by atoms with E-state index in [9.17, 15) is 4.79 Å². The number of amides is 1. The van der Waals surface area contributed by atoms with Crippen LogP contribution in [0.4, 0.5) is 0 Å². The van der Waals surface area contributed by atoms with Crippen molar-refractivity contribution < 1.29 is 4.79 Å². The summed E-state index contributed by atoms with van der Waals surface area (Å²) in [5.41, 5.74) is 7.27. The van der Waals surface area contributed by atoms with Crippen LogP contribution in [-0.4, -0.2) is 45.1 Å². The van der Waals surface area contributed by atoms with Crippen molar-refractivity contribution in [2.75, 3.05) is 13.1 Å². The number of nitrogens with one attached hydrogen (secondary N) is 1. The Balaban J connectivity index is 1.81.